The molecule has 1 saturated heterocycles. The molecule has 0 aromatic heterocycles. The molecule has 0 spiro atoms. The molecule has 0 bridgehead atoms. The number of hydrogen-bond acceptors (Lipinski definition) is 3. The van der Waals surface area contributed by atoms with Crippen LogP contribution in [0.25, 0.3) is 0 Å². The zero-order chi connectivity index (χ0) is 10.9. The normalized spacial score (nSPS) is 28.6. The number of carbonyl (C=O) groups is 1. The van der Waals surface area contributed by atoms with E-state index in [1.807, 2.05) is 32.6 Å². The van der Waals surface area contributed by atoms with Crippen LogP contribution in [0.2, 0.25) is 0 Å². The summed E-state index contributed by atoms with van der Waals surface area (Å²) >= 11 is 0. The Morgan fingerprint density at radius 3 is 2.43 bits per heavy atom. The minimum atomic E-state index is -0.282. The average molecular weight is 200 g/mol. The van der Waals surface area contributed by atoms with Gasteiger partial charge in [-0.2, -0.15) is 0 Å². The van der Waals surface area contributed by atoms with E-state index in [1.54, 1.807) is 7.11 Å². The number of ether oxygens (including phenoxy) is 1. The van der Waals surface area contributed by atoms with Gasteiger partial charge >= 0.3 is 0 Å². The molecule has 4 nitrogen and oxygen atoms in total. The van der Waals surface area contributed by atoms with E-state index < -0.39 is 0 Å². The summed E-state index contributed by atoms with van der Waals surface area (Å²) in [4.78, 5) is 13.5. The Hall–Kier alpha value is -0.610. The summed E-state index contributed by atoms with van der Waals surface area (Å²) in [5.41, 5.74) is -0.282. The molecule has 2 atom stereocenters. The molecule has 14 heavy (non-hydrogen) atoms. The third-order valence-electron chi connectivity index (χ3n) is 2.72. The van der Waals surface area contributed by atoms with Crippen LogP contribution in [0.1, 0.15) is 27.7 Å². The predicted molar refractivity (Wildman–Crippen MR) is 54.9 cm³/mol. The summed E-state index contributed by atoms with van der Waals surface area (Å²) in [6.45, 7) is 8.47. The van der Waals surface area contributed by atoms with Gasteiger partial charge in [0, 0.05) is 7.11 Å². The standard InChI is InChI=1S/C10H20N2O2/c1-7-9(13)12(8(2)11-7)6-10(3,4)14-5/h7-8,11H,6H2,1-5H3. The Labute approximate surface area is 85.6 Å². The van der Waals surface area contributed by atoms with Crippen LogP contribution in [0.15, 0.2) is 0 Å². The summed E-state index contributed by atoms with van der Waals surface area (Å²) in [5, 5.41) is 3.18. The van der Waals surface area contributed by atoms with E-state index in [0.29, 0.717) is 6.54 Å². The molecule has 1 aliphatic heterocycles. The van der Waals surface area contributed by atoms with Crippen molar-refractivity contribution in [3.8, 4) is 0 Å². The molecule has 1 N–H and O–H groups in total. The Balaban J connectivity index is 2.65. The lowest BCUT2D eigenvalue weighted by Crippen LogP contribution is -2.45. The number of rotatable bonds is 3. The SMILES string of the molecule is COC(C)(C)CN1C(=O)C(C)NC1C. The lowest BCUT2D eigenvalue weighted by molar-refractivity contribution is -0.133. The van der Waals surface area contributed by atoms with Gasteiger partial charge in [-0.05, 0) is 27.7 Å². The average Bonchev–Trinajstić information content (AvgIpc) is 2.32. The molecule has 2 unspecified atom stereocenters. The molecule has 1 fully saturated rings. The summed E-state index contributed by atoms with van der Waals surface area (Å²) in [7, 11) is 1.67. The Morgan fingerprint density at radius 1 is 1.50 bits per heavy atom. The highest BCUT2D eigenvalue weighted by molar-refractivity contribution is 5.83. The molecule has 0 aromatic carbocycles. The number of hydrogen-bond donors (Lipinski definition) is 1. The van der Waals surface area contributed by atoms with E-state index in [2.05, 4.69) is 5.32 Å². The van der Waals surface area contributed by atoms with E-state index in [0.717, 1.165) is 0 Å². The molecular formula is C10H20N2O2. The third-order valence-corrected chi connectivity index (χ3v) is 2.72. The molecule has 1 amide bonds. The van der Waals surface area contributed by atoms with E-state index in [1.165, 1.54) is 0 Å². The first-order valence-electron chi connectivity index (χ1n) is 4.99. The molecular weight excluding hydrogens is 180 g/mol. The second-order valence-electron chi connectivity index (χ2n) is 4.49. The second kappa shape index (κ2) is 3.87. The zero-order valence-electron chi connectivity index (χ0n) is 9.63. The van der Waals surface area contributed by atoms with E-state index >= 15 is 0 Å². The molecule has 0 saturated carbocycles. The molecule has 1 heterocycles. The summed E-state index contributed by atoms with van der Waals surface area (Å²) in [6.07, 6.45) is 0.104. The summed E-state index contributed by atoms with van der Waals surface area (Å²) in [6, 6.07) is -0.0716. The first-order valence-corrected chi connectivity index (χ1v) is 4.99. The molecule has 4 heteroatoms. The van der Waals surface area contributed by atoms with Crippen molar-refractivity contribution >= 4 is 5.91 Å². The Bertz CT molecular complexity index is 228. The summed E-state index contributed by atoms with van der Waals surface area (Å²) in [5.74, 6) is 0.155. The fraction of sp³-hybridized carbons (Fsp3) is 0.900. The van der Waals surface area contributed by atoms with Crippen molar-refractivity contribution in [1.29, 1.82) is 0 Å². The van der Waals surface area contributed by atoms with E-state index in [-0.39, 0.29) is 23.7 Å². The van der Waals surface area contributed by atoms with Crippen LogP contribution < -0.4 is 5.32 Å². The van der Waals surface area contributed by atoms with Gasteiger partial charge in [-0.1, -0.05) is 0 Å². The van der Waals surface area contributed by atoms with Crippen LogP contribution in [0.3, 0.4) is 0 Å². The Morgan fingerprint density at radius 2 is 2.07 bits per heavy atom. The number of nitrogens with one attached hydrogen (secondary N) is 1. The van der Waals surface area contributed by atoms with Gasteiger partial charge in [0.1, 0.15) is 0 Å². The van der Waals surface area contributed by atoms with Crippen LogP contribution in [-0.2, 0) is 9.53 Å². The van der Waals surface area contributed by atoms with Crippen LogP contribution >= 0.6 is 0 Å². The molecule has 0 aliphatic carbocycles. The highest BCUT2D eigenvalue weighted by Gasteiger charge is 2.36. The van der Waals surface area contributed by atoms with Crippen molar-refractivity contribution in [2.45, 2.75) is 45.5 Å². The van der Waals surface area contributed by atoms with Crippen molar-refractivity contribution < 1.29 is 9.53 Å². The number of carbonyl (C=O) groups excluding carboxylic acids is 1. The molecule has 0 aromatic rings. The lowest BCUT2D eigenvalue weighted by Gasteiger charge is -2.31. The van der Waals surface area contributed by atoms with Gasteiger partial charge < -0.3 is 9.64 Å². The number of nitrogens with zero attached hydrogens (tertiary/aromatic N) is 1. The van der Waals surface area contributed by atoms with Gasteiger partial charge in [-0.3, -0.25) is 10.1 Å². The van der Waals surface area contributed by atoms with Gasteiger partial charge in [0.25, 0.3) is 0 Å². The highest BCUT2D eigenvalue weighted by atomic mass is 16.5. The maximum Gasteiger partial charge on any atom is 0.240 e. The van der Waals surface area contributed by atoms with Crippen molar-refractivity contribution in [2.75, 3.05) is 13.7 Å². The fourth-order valence-corrected chi connectivity index (χ4v) is 1.65. The molecule has 0 radical (unpaired) electrons. The van der Waals surface area contributed by atoms with Crippen molar-refractivity contribution in [2.24, 2.45) is 0 Å². The predicted octanol–water partition coefficient (Wildman–Crippen LogP) is 0.578. The van der Waals surface area contributed by atoms with Gasteiger partial charge in [0.15, 0.2) is 0 Å². The van der Waals surface area contributed by atoms with Gasteiger partial charge in [-0.15, -0.1) is 0 Å². The number of methoxy groups -OCH3 is 1. The first-order chi connectivity index (χ1) is 6.37. The maximum atomic E-state index is 11.7. The monoisotopic (exact) mass is 200 g/mol. The van der Waals surface area contributed by atoms with Gasteiger partial charge in [0.05, 0.1) is 24.4 Å². The smallest absolute Gasteiger partial charge is 0.240 e. The molecule has 1 aliphatic rings. The second-order valence-corrected chi connectivity index (χ2v) is 4.49. The number of amides is 1. The Kier molecular flexibility index (Phi) is 3.17. The third kappa shape index (κ3) is 2.25. The van der Waals surface area contributed by atoms with Gasteiger partial charge in [0.2, 0.25) is 5.91 Å². The highest BCUT2D eigenvalue weighted by Crippen LogP contribution is 2.16. The van der Waals surface area contributed by atoms with E-state index in [4.69, 9.17) is 4.74 Å². The summed E-state index contributed by atoms with van der Waals surface area (Å²) < 4.78 is 5.31. The maximum absolute atomic E-state index is 11.7. The first kappa shape index (κ1) is 11.5. The lowest BCUT2D eigenvalue weighted by atomic mass is 10.1. The van der Waals surface area contributed by atoms with E-state index in [9.17, 15) is 4.79 Å². The van der Waals surface area contributed by atoms with Crippen LogP contribution in [-0.4, -0.2) is 42.3 Å². The van der Waals surface area contributed by atoms with Crippen molar-refractivity contribution in [3.63, 3.8) is 0 Å². The molecule has 82 valence electrons. The largest absolute Gasteiger partial charge is 0.377 e. The van der Waals surface area contributed by atoms with Crippen molar-refractivity contribution in [3.05, 3.63) is 0 Å². The van der Waals surface area contributed by atoms with Gasteiger partial charge in [-0.25, -0.2) is 0 Å². The minimum Gasteiger partial charge on any atom is -0.377 e. The van der Waals surface area contributed by atoms with Crippen LogP contribution in [0, 0.1) is 0 Å². The quantitative estimate of drug-likeness (QED) is 0.724. The minimum absolute atomic E-state index is 0.0716. The van der Waals surface area contributed by atoms with Crippen LogP contribution in [0.5, 0.6) is 0 Å². The zero-order valence-corrected chi connectivity index (χ0v) is 9.63. The topological polar surface area (TPSA) is 41.6 Å². The molecule has 1 rings (SSSR count). The van der Waals surface area contributed by atoms with Crippen LogP contribution in [0.4, 0.5) is 0 Å². The van der Waals surface area contributed by atoms with Crippen molar-refractivity contribution in [1.82, 2.24) is 10.2 Å². The fourth-order valence-electron chi connectivity index (χ4n) is 1.65.